The second-order valence-electron chi connectivity index (χ2n) is 4.27. The number of imidazole rings is 1. The lowest BCUT2D eigenvalue weighted by Gasteiger charge is -2.14. The topological polar surface area (TPSA) is 99.1 Å². The quantitative estimate of drug-likeness (QED) is 0.628. The molecule has 3 rings (SSSR count). The molecule has 1 aliphatic rings. The second kappa shape index (κ2) is 4.55. The summed E-state index contributed by atoms with van der Waals surface area (Å²) in [6.45, 7) is -0.0771. The van der Waals surface area contributed by atoms with Gasteiger partial charge in [0.1, 0.15) is 6.23 Å². The standard InChI is InChI=1S/C10H11ClFN5O2/c11-9-14-6-7(13)15-10(12)16-8(6)17(9)5-2-1-4(3-18)19-5/h4-5,18H,1-3H2,(H2,13,15,16)/t4-,5-/m1/s1. The first kappa shape index (κ1) is 12.5. The molecule has 2 aromatic rings. The lowest BCUT2D eigenvalue weighted by molar-refractivity contribution is -0.0206. The van der Waals surface area contributed by atoms with E-state index in [4.69, 9.17) is 27.2 Å². The van der Waals surface area contributed by atoms with Crippen molar-refractivity contribution >= 4 is 28.6 Å². The van der Waals surface area contributed by atoms with Crippen LogP contribution in [0.2, 0.25) is 5.28 Å². The predicted molar refractivity (Wildman–Crippen MR) is 64.9 cm³/mol. The van der Waals surface area contributed by atoms with Crippen molar-refractivity contribution in [2.45, 2.75) is 25.2 Å². The maximum atomic E-state index is 13.2. The molecular weight excluding hydrogens is 277 g/mol. The van der Waals surface area contributed by atoms with E-state index in [0.717, 1.165) is 0 Å². The minimum Gasteiger partial charge on any atom is -0.394 e. The van der Waals surface area contributed by atoms with Gasteiger partial charge in [0.2, 0.25) is 5.28 Å². The van der Waals surface area contributed by atoms with Gasteiger partial charge in [0.05, 0.1) is 12.7 Å². The molecule has 0 saturated carbocycles. The van der Waals surface area contributed by atoms with Crippen LogP contribution < -0.4 is 5.73 Å². The molecule has 7 nitrogen and oxygen atoms in total. The summed E-state index contributed by atoms with van der Waals surface area (Å²) < 4.78 is 20.3. The molecule has 1 fully saturated rings. The SMILES string of the molecule is Nc1nc(F)nc2c1nc(Cl)n2[C@H]1CC[C@H](CO)O1. The molecule has 0 unspecified atom stereocenters. The Hall–Kier alpha value is -1.51. The maximum absolute atomic E-state index is 13.2. The Morgan fingerprint density at radius 1 is 1.42 bits per heavy atom. The van der Waals surface area contributed by atoms with E-state index in [-0.39, 0.29) is 35.0 Å². The third kappa shape index (κ3) is 2.01. The first-order chi connectivity index (χ1) is 9.10. The number of nitrogen functional groups attached to an aromatic ring is 1. The molecule has 9 heteroatoms. The highest BCUT2D eigenvalue weighted by Gasteiger charge is 2.30. The van der Waals surface area contributed by atoms with Crippen LogP contribution in [0.15, 0.2) is 0 Å². The molecule has 102 valence electrons. The van der Waals surface area contributed by atoms with E-state index in [0.29, 0.717) is 12.8 Å². The summed E-state index contributed by atoms with van der Waals surface area (Å²) in [4.78, 5) is 11.1. The van der Waals surface area contributed by atoms with E-state index in [1.54, 1.807) is 0 Å². The molecule has 1 aliphatic heterocycles. The van der Waals surface area contributed by atoms with Gasteiger partial charge in [-0.3, -0.25) is 4.57 Å². The molecule has 0 spiro atoms. The molecule has 0 amide bonds. The average Bonchev–Trinajstić information content (AvgIpc) is 2.93. The molecular formula is C10H11ClFN5O2. The number of nitrogens with zero attached hydrogens (tertiary/aromatic N) is 4. The van der Waals surface area contributed by atoms with Crippen LogP contribution in [-0.4, -0.2) is 37.3 Å². The number of fused-ring (bicyclic) bond motifs is 1. The van der Waals surface area contributed by atoms with Crippen molar-refractivity contribution in [3.63, 3.8) is 0 Å². The Morgan fingerprint density at radius 2 is 2.21 bits per heavy atom. The summed E-state index contributed by atoms with van der Waals surface area (Å²) in [6, 6.07) is 0. The Morgan fingerprint density at radius 3 is 2.89 bits per heavy atom. The number of aliphatic hydroxyl groups is 1. The summed E-state index contributed by atoms with van der Waals surface area (Å²) in [5, 5.41) is 9.17. The van der Waals surface area contributed by atoms with Crippen molar-refractivity contribution in [2.24, 2.45) is 0 Å². The third-order valence-corrected chi connectivity index (χ3v) is 3.34. The van der Waals surface area contributed by atoms with Gasteiger partial charge in [-0.15, -0.1) is 0 Å². The molecule has 0 aromatic carbocycles. The number of aromatic nitrogens is 4. The number of ether oxygens (including phenoxy) is 1. The van der Waals surface area contributed by atoms with Gasteiger partial charge in [0.25, 0.3) is 0 Å². The van der Waals surface area contributed by atoms with Gasteiger partial charge in [-0.1, -0.05) is 0 Å². The van der Waals surface area contributed by atoms with Crippen LogP contribution in [0.25, 0.3) is 11.2 Å². The van der Waals surface area contributed by atoms with Crippen LogP contribution >= 0.6 is 11.6 Å². The number of aliphatic hydroxyl groups excluding tert-OH is 1. The van der Waals surface area contributed by atoms with Crippen LogP contribution in [0.1, 0.15) is 19.1 Å². The lowest BCUT2D eigenvalue weighted by atomic mass is 10.2. The van der Waals surface area contributed by atoms with Gasteiger partial charge in [-0.2, -0.15) is 14.4 Å². The van der Waals surface area contributed by atoms with E-state index in [2.05, 4.69) is 15.0 Å². The van der Waals surface area contributed by atoms with Crippen LogP contribution in [0, 0.1) is 6.08 Å². The van der Waals surface area contributed by atoms with Gasteiger partial charge < -0.3 is 15.6 Å². The van der Waals surface area contributed by atoms with E-state index in [9.17, 15) is 4.39 Å². The zero-order chi connectivity index (χ0) is 13.6. The van der Waals surface area contributed by atoms with Crippen LogP contribution in [-0.2, 0) is 4.74 Å². The maximum Gasteiger partial charge on any atom is 0.312 e. The molecule has 3 heterocycles. The zero-order valence-corrected chi connectivity index (χ0v) is 10.5. The Bertz CT molecular complexity index is 634. The zero-order valence-electron chi connectivity index (χ0n) is 9.75. The first-order valence-electron chi connectivity index (χ1n) is 5.73. The summed E-state index contributed by atoms with van der Waals surface area (Å²) in [5.41, 5.74) is 6.02. The minimum absolute atomic E-state index is 0.0696. The van der Waals surface area contributed by atoms with Crippen LogP contribution in [0.3, 0.4) is 0 Å². The first-order valence-corrected chi connectivity index (χ1v) is 6.10. The van der Waals surface area contributed by atoms with E-state index < -0.39 is 12.3 Å². The molecule has 19 heavy (non-hydrogen) atoms. The fourth-order valence-corrected chi connectivity index (χ4v) is 2.48. The number of hydrogen-bond acceptors (Lipinski definition) is 6. The molecule has 0 bridgehead atoms. The number of rotatable bonds is 2. The smallest absolute Gasteiger partial charge is 0.312 e. The molecule has 0 aliphatic carbocycles. The Labute approximate surface area is 112 Å². The van der Waals surface area contributed by atoms with Crippen molar-refractivity contribution < 1.29 is 14.2 Å². The van der Waals surface area contributed by atoms with Gasteiger partial charge in [0.15, 0.2) is 17.0 Å². The molecule has 3 N–H and O–H groups in total. The van der Waals surface area contributed by atoms with E-state index >= 15 is 0 Å². The van der Waals surface area contributed by atoms with Gasteiger partial charge in [-0.05, 0) is 24.4 Å². The number of nitrogens with two attached hydrogens (primary N) is 1. The molecule has 2 atom stereocenters. The van der Waals surface area contributed by atoms with Crippen molar-refractivity contribution in [1.82, 2.24) is 19.5 Å². The van der Waals surface area contributed by atoms with Gasteiger partial charge in [0, 0.05) is 0 Å². The third-order valence-electron chi connectivity index (χ3n) is 3.07. The monoisotopic (exact) mass is 287 g/mol. The largest absolute Gasteiger partial charge is 0.394 e. The number of halogens is 2. The molecule has 1 saturated heterocycles. The second-order valence-corrected chi connectivity index (χ2v) is 4.61. The Balaban J connectivity index is 2.11. The van der Waals surface area contributed by atoms with Crippen molar-refractivity contribution in [3.8, 4) is 0 Å². The van der Waals surface area contributed by atoms with Gasteiger partial charge in [-0.25, -0.2) is 4.98 Å². The summed E-state index contributed by atoms with van der Waals surface area (Å²) in [7, 11) is 0. The van der Waals surface area contributed by atoms with Crippen LogP contribution in [0.5, 0.6) is 0 Å². The lowest BCUT2D eigenvalue weighted by Crippen LogP contribution is -2.15. The molecule has 0 radical (unpaired) electrons. The van der Waals surface area contributed by atoms with E-state index in [1.807, 2.05) is 0 Å². The average molecular weight is 288 g/mol. The normalized spacial score (nSPS) is 23.3. The summed E-state index contributed by atoms with van der Waals surface area (Å²) in [6.07, 6.45) is -0.340. The van der Waals surface area contributed by atoms with Crippen molar-refractivity contribution in [3.05, 3.63) is 11.4 Å². The fraction of sp³-hybridized carbons (Fsp3) is 0.500. The predicted octanol–water partition coefficient (Wildman–Crippen LogP) is 0.871. The number of anilines is 1. The van der Waals surface area contributed by atoms with Crippen molar-refractivity contribution in [1.29, 1.82) is 0 Å². The summed E-state index contributed by atoms with van der Waals surface area (Å²) in [5.74, 6) is -0.0696. The highest BCUT2D eigenvalue weighted by atomic mass is 35.5. The minimum atomic E-state index is -0.945. The Kier molecular flexibility index (Phi) is 3.00. The number of hydrogen-bond donors (Lipinski definition) is 2. The van der Waals surface area contributed by atoms with Gasteiger partial charge >= 0.3 is 6.08 Å². The highest BCUT2D eigenvalue weighted by molar-refractivity contribution is 6.29. The molecule has 2 aromatic heterocycles. The van der Waals surface area contributed by atoms with Crippen LogP contribution in [0.4, 0.5) is 10.2 Å². The highest BCUT2D eigenvalue weighted by Crippen LogP contribution is 2.34. The summed E-state index contributed by atoms with van der Waals surface area (Å²) >= 11 is 6.03. The van der Waals surface area contributed by atoms with E-state index in [1.165, 1.54) is 4.57 Å². The van der Waals surface area contributed by atoms with Crippen molar-refractivity contribution in [2.75, 3.05) is 12.3 Å². The fourth-order valence-electron chi connectivity index (χ4n) is 2.21.